The van der Waals surface area contributed by atoms with E-state index in [0.717, 1.165) is 12.5 Å². The highest BCUT2D eigenvalue weighted by atomic mass is 15.6. The largest absolute Gasteiger partial charge is 0.362 e. The Kier molecular flexibility index (Phi) is 4.48. The molecule has 1 saturated carbocycles. The second-order valence-electron chi connectivity index (χ2n) is 6.00. The zero-order valence-electron chi connectivity index (χ0n) is 12.5. The minimum atomic E-state index is 0.648. The summed E-state index contributed by atoms with van der Waals surface area (Å²) in [6, 6.07) is 10.2. The molecule has 5 nitrogen and oxygen atoms in total. The van der Waals surface area contributed by atoms with Gasteiger partial charge < -0.3 is 5.73 Å². The van der Waals surface area contributed by atoms with Crippen LogP contribution in [0.15, 0.2) is 30.3 Å². The lowest BCUT2D eigenvalue weighted by Gasteiger charge is -2.20. The molecule has 0 bridgehead atoms. The Morgan fingerprint density at radius 3 is 2.67 bits per heavy atom. The molecule has 0 amide bonds. The number of nitrogens with two attached hydrogens (primary N) is 1. The van der Waals surface area contributed by atoms with Crippen LogP contribution in [0.5, 0.6) is 0 Å². The molecule has 0 radical (unpaired) electrons. The van der Waals surface area contributed by atoms with Gasteiger partial charge in [-0.15, -0.1) is 4.68 Å². The molecule has 0 spiro atoms. The van der Waals surface area contributed by atoms with Crippen molar-refractivity contribution < 1.29 is 4.68 Å². The summed E-state index contributed by atoms with van der Waals surface area (Å²) in [6.07, 6.45) is 8.05. The normalized spacial score (nSPS) is 16.2. The minimum absolute atomic E-state index is 0.648. The monoisotopic (exact) mass is 286 g/mol. The summed E-state index contributed by atoms with van der Waals surface area (Å²) in [5.41, 5.74) is 7.36. The number of tetrazole rings is 1. The predicted octanol–water partition coefficient (Wildman–Crippen LogP) is 2.17. The van der Waals surface area contributed by atoms with Gasteiger partial charge >= 0.3 is 5.95 Å². The molecule has 5 heteroatoms. The molecule has 0 aliphatic heterocycles. The summed E-state index contributed by atoms with van der Waals surface area (Å²) in [5, 5.41) is 8.38. The second-order valence-corrected chi connectivity index (χ2v) is 6.00. The molecule has 1 aliphatic carbocycles. The zero-order chi connectivity index (χ0) is 14.5. The molecule has 1 aromatic heterocycles. The maximum atomic E-state index is 6.17. The maximum absolute atomic E-state index is 6.17. The summed E-state index contributed by atoms with van der Waals surface area (Å²) in [7, 11) is 0. The number of nitrogens with zero attached hydrogens (tertiary/aromatic N) is 4. The van der Waals surface area contributed by atoms with Gasteiger partial charge in [0.2, 0.25) is 0 Å². The summed E-state index contributed by atoms with van der Waals surface area (Å²) < 4.78 is 3.62. The van der Waals surface area contributed by atoms with Gasteiger partial charge in [-0.1, -0.05) is 67.1 Å². The Balaban J connectivity index is 1.59. The van der Waals surface area contributed by atoms with Crippen molar-refractivity contribution in [2.24, 2.45) is 5.92 Å². The Labute approximate surface area is 125 Å². The highest BCUT2D eigenvalue weighted by Gasteiger charge is 2.19. The topological polar surface area (TPSA) is 60.6 Å². The molecule has 0 atom stereocenters. The average Bonchev–Trinajstić information content (AvgIpc) is 2.88. The molecule has 2 N–H and O–H groups in total. The van der Waals surface area contributed by atoms with Crippen LogP contribution in [-0.4, -0.2) is 15.1 Å². The number of hydrogen-bond donors (Lipinski definition) is 1. The molecule has 0 unspecified atom stereocenters. The minimum Gasteiger partial charge on any atom is -0.306 e. The number of hydrogen-bond acceptors (Lipinski definition) is 3. The summed E-state index contributed by atoms with van der Waals surface area (Å²) >= 11 is 0. The highest BCUT2D eigenvalue weighted by Crippen LogP contribution is 2.26. The van der Waals surface area contributed by atoms with E-state index in [4.69, 9.17) is 5.73 Å². The predicted molar refractivity (Wildman–Crippen MR) is 81.4 cm³/mol. The van der Waals surface area contributed by atoms with Gasteiger partial charge in [0.15, 0.2) is 0 Å². The van der Waals surface area contributed by atoms with E-state index in [2.05, 4.69) is 22.6 Å². The fourth-order valence-corrected chi connectivity index (χ4v) is 3.13. The van der Waals surface area contributed by atoms with E-state index in [1.807, 2.05) is 22.9 Å². The molecular formula is C16H24N5+. The molecule has 2 aromatic rings. The van der Waals surface area contributed by atoms with Crippen LogP contribution in [0.1, 0.15) is 44.1 Å². The molecule has 1 aliphatic rings. The van der Waals surface area contributed by atoms with Crippen LogP contribution >= 0.6 is 0 Å². The summed E-state index contributed by atoms with van der Waals surface area (Å²) in [5.74, 6) is 1.49. The van der Waals surface area contributed by atoms with Crippen LogP contribution in [0.3, 0.4) is 0 Å². The fourth-order valence-electron chi connectivity index (χ4n) is 3.13. The quantitative estimate of drug-likeness (QED) is 0.857. The Morgan fingerprint density at radius 1 is 1.14 bits per heavy atom. The Hall–Kier alpha value is -1.91. The highest BCUT2D eigenvalue weighted by molar-refractivity contribution is 5.14. The number of aromatic nitrogens is 4. The maximum Gasteiger partial charge on any atom is 0.362 e. The van der Waals surface area contributed by atoms with Crippen molar-refractivity contribution in [3.05, 3.63) is 35.9 Å². The first-order valence-electron chi connectivity index (χ1n) is 7.96. The lowest BCUT2D eigenvalue weighted by atomic mass is 9.87. The van der Waals surface area contributed by atoms with E-state index in [1.54, 1.807) is 4.68 Å². The van der Waals surface area contributed by atoms with Crippen LogP contribution in [0.2, 0.25) is 0 Å². The van der Waals surface area contributed by atoms with Gasteiger partial charge in [-0.2, -0.15) is 0 Å². The number of aryl methyl sites for hydroxylation is 1. The second kappa shape index (κ2) is 6.70. The molecule has 3 rings (SSSR count). The SMILES string of the molecule is Nc1n(CCC2CCCCC2)nn[n+]1Cc1ccccc1. The molecule has 1 heterocycles. The summed E-state index contributed by atoms with van der Waals surface area (Å²) in [6.45, 7) is 1.56. The third-order valence-electron chi connectivity index (χ3n) is 4.43. The fraction of sp³-hybridized carbons (Fsp3) is 0.562. The van der Waals surface area contributed by atoms with E-state index in [9.17, 15) is 0 Å². The van der Waals surface area contributed by atoms with Gasteiger partial charge in [-0.25, -0.2) is 0 Å². The Morgan fingerprint density at radius 2 is 1.90 bits per heavy atom. The number of rotatable bonds is 5. The van der Waals surface area contributed by atoms with Gasteiger partial charge in [0, 0.05) is 0 Å². The van der Waals surface area contributed by atoms with Crippen molar-refractivity contribution >= 4 is 5.95 Å². The smallest absolute Gasteiger partial charge is 0.306 e. The van der Waals surface area contributed by atoms with E-state index in [1.165, 1.54) is 44.1 Å². The van der Waals surface area contributed by atoms with E-state index in [-0.39, 0.29) is 0 Å². The van der Waals surface area contributed by atoms with Crippen molar-refractivity contribution in [3.8, 4) is 0 Å². The van der Waals surface area contributed by atoms with Crippen molar-refractivity contribution in [2.75, 3.05) is 5.73 Å². The molecule has 1 fully saturated rings. The molecule has 21 heavy (non-hydrogen) atoms. The number of nitrogen functional groups attached to an aromatic ring is 1. The van der Waals surface area contributed by atoms with Crippen LogP contribution in [-0.2, 0) is 13.1 Å². The first kappa shape index (κ1) is 14.0. The third kappa shape index (κ3) is 3.60. The standard InChI is InChI=1S/C16H23N5/c17-16-20(12-11-14-7-3-1-4-8-14)18-19-21(16)13-15-9-5-2-6-10-15/h2,5-6,9-10,14,17H,1,3-4,7-8,11-13H2/p+1. The summed E-state index contributed by atoms with van der Waals surface area (Å²) in [4.78, 5) is 0. The van der Waals surface area contributed by atoms with E-state index < -0.39 is 0 Å². The molecule has 1 aromatic carbocycles. The zero-order valence-corrected chi connectivity index (χ0v) is 12.5. The van der Waals surface area contributed by atoms with Gasteiger partial charge in [-0.3, -0.25) is 0 Å². The van der Waals surface area contributed by atoms with Gasteiger partial charge in [0.25, 0.3) is 0 Å². The van der Waals surface area contributed by atoms with E-state index in [0.29, 0.717) is 12.5 Å². The van der Waals surface area contributed by atoms with Gasteiger partial charge in [0.1, 0.15) is 11.8 Å². The van der Waals surface area contributed by atoms with Crippen molar-refractivity contribution in [3.63, 3.8) is 0 Å². The third-order valence-corrected chi connectivity index (χ3v) is 4.43. The van der Waals surface area contributed by atoms with Crippen LogP contribution in [0.4, 0.5) is 5.95 Å². The van der Waals surface area contributed by atoms with Crippen LogP contribution in [0, 0.1) is 5.92 Å². The number of benzene rings is 1. The van der Waals surface area contributed by atoms with Crippen molar-refractivity contribution in [2.45, 2.75) is 51.6 Å². The van der Waals surface area contributed by atoms with Crippen molar-refractivity contribution in [1.82, 2.24) is 15.1 Å². The van der Waals surface area contributed by atoms with Crippen LogP contribution in [0.25, 0.3) is 0 Å². The van der Waals surface area contributed by atoms with Crippen LogP contribution < -0.4 is 10.4 Å². The van der Waals surface area contributed by atoms with Crippen molar-refractivity contribution in [1.29, 1.82) is 0 Å². The first-order chi connectivity index (χ1) is 10.3. The molecule has 112 valence electrons. The first-order valence-corrected chi connectivity index (χ1v) is 7.96. The lowest BCUT2D eigenvalue weighted by Crippen LogP contribution is -2.39. The number of anilines is 1. The molecular weight excluding hydrogens is 262 g/mol. The average molecular weight is 286 g/mol. The lowest BCUT2D eigenvalue weighted by molar-refractivity contribution is -0.733. The van der Waals surface area contributed by atoms with Gasteiger partial charge in [0.05, 0.1) is 11.8 Å². The van der Waals surface area contributed by atoms with E-state index >= 15 is 0 Å². The molecule has 0 saturated heterocycles. The van der Waals surface area contributed by atoms with Gasteiger partial charge in [-0.05, 0) is 17.9 Å². The Bertz CT molecular complexity index is 557.